The molecule has 0 unspecified atom stereocenters. The summed E-state index contributed by atoms with van der Waals surface area (Å²) < 4.78 is 1.68. The number of aryl methyl sites for hydroxylation is 1. The fourth-order valence-electron chi connectivity index (χ4n) is 3.67. The molecule has 28 heavy (non-hydrogen) atoms. The number of amides is 1. The van der Waals surface area contributed by atoms with Crippen molar-refractivity contribution < 1.29 is 4.79 Å². The van der Waals surface area contributed by atoms with Gasteiger partial charge in [-0.1, -0.05) is 12.1 Å². The predicted molar refractivity (Wildman–Crippen MR) is 109 cm³/mol. The number of nitrogens with one attached hydrogen (secondary N) is 1. The first-order valence-electron chi connectivity index (χ1n) is 9.13. The van der Waals surface area contributed by atoms with E-state index in [2.05, 4.69) is 21.9 Å². The number of rotatable bonds is 5. The molecular weight excluding hydrogens is 372 g/mol. The maximum Gasteiger partial charge on any atom is 0.253 e. The van der Waals surface area contributed by atoms with Crippen LogP contribution in [-0.2, 0) is 19.4 Å². The lowest BCUT2D eigenvalue weighted by molar-refractivity contribution is 0.100. The highest BCUT2D eigenvalue weighted by Gasteiger charge is 2.21. The van der Waals surface area contributed by atoms with Crippen molar-refractivity contribution in [3.05, 3.63) is 63.6 Å². The topological polar surface area (TPSA) is 98.7 Å². The minimum absolute atomic E-state index is 0.445. The molecule has 0 spiro atoms. The zero-order valence-electron chi connectivity index (χ0n) is 15.1. The van der Waals surface area contributed by atoms with Crippen molar-refractivity contribution >= 4 is 34.0 Å². The van der Waals surface area contributed by atoms with E-state index < -0.39 is 5.91 Å². The predicted octanol–water partition coefficient (Wildman–Crippen LogP) is 3.08. The lowest BCUT2D eigenvalue weighted by Gasteiger charge is -2.12. The molecule has 8 heteroatoms. The van der Waals surface area contributed by atoms with Crippen molar-refractivity contribution in [2.75, 3.05) is 5.32 Å². The van der Waals surface area contributed by atoms with Gasteiger partial charge in [0.25, 0.3) is 5.95 Å². The van der Waals surface area contributed by atoms with Crippen molar-refractivity contribution in [2.24, 2.45) is 5.73 Å². The van der Waals surface area contributed by atoms with Gasteiger partial charge in [-0.25, -0.2) is 4.98 Å². The Morgan fingerprint density at radius 1 is 1.21 bits per heavy atom. The summed E-state index contributed by atoms with van der Waals surface area (Å²) in [6, 6.07) is 9.54. The van der Waals surface area contributed by atoms with Crippen LogP contribution < -0.4 is 11.1 Å². The lowest BCUT2D eigenvalue weighted by atomic mass is 10.1. The fourth-order valence-corrected chi connectivity index (χ4v) is 4.31. The Balaban J connectivity index is 1.59. The second-order valence-electron chi connectivity index (χ2n) is 6.74. The summed E-state index contributed by atoms with van der Waals surface area (Å²) in [4.78, 5) is 22.5. The average molecular weight is 390 g/mol. The van der Waals surface area contributed by atoms with E-state index >= 15 is 0 Å². The van der Waals surface area contributed by atoms with Crippen molar-refractivity contribution in [1.82, 2.24) is 19.7 Å². The van der Waals surface area contributed by atoms with Crippen molar-refractivity contribution in [1.29, 1.82) is 0 Å². The first kappa shape index (κ1) is 16.9. The van der Waals surface area contributed by atoms with Gasteiger partial charge in [-0.05, 0) is 42.8 Å². The van der Waals surface area contributed by atoms with Crippen LogP contribution in [-0.4, -0.2) is 25.7 Å². The molecule has 0 fully saturated rings. The third kappa shape index (κ3) is 2.82. The van der Waals surface area contributed by atoms with E-state index in [0.717, 1.165) is 42.8 Å². The van der Waals surface area contributed by atoms with Crippen LogP contribution in [0.25, 0.3) is 16.9 Å². The lowest BCUT2D eigenvalue weighted by Crippen LogP contribution is -2.12. The summed E-state index contributed by atoms with van der Waals surface area (Å²) in [6.45, 7) is 0.728. The van der Waals surface area contributed by atoms with Crippen molar-refractivity contribution in [3.8, 4) is 5.95 Å². The van der Waals surface area contributed by atoms with Crippen LogP contribution in [0.15, 0.2) is 41.9 Å². The van der Waals surface area contributed by atoms with Gasteiger partial charge < -0.3 is 11.1 Å². The van der Waals surface area contributed by atoms with Gasteiger partial charge in [-0.2, -0.15) is 14.8 Å². The molecule has 0 radical (unpaired) electrons. The van der Waals surface area contributed by atoms with E-state index in [1.807, 2.05) is 12.1 Å². The Bertz CT molecular complexity index is 1180. The van der Waals surface area contributed by atoms with Gasteiger partial charge in [0, 0.05) is 15.8 Å². The number of primary amides is 1. The molecule has 1 aliphatic carbocycles. The maximum atomic E-state index is 11.7. The van der Waals surface area contributed by atoms with Gasteiger partial charge in [0.1, 0.15) is 5.82 Å². The quantitative estimate of drug-likeness (QED) is 0.546. The largest absolute Gasteiger partial charge is 0.366 e. The van der Waals surface area contributed by atoms with Crippen LogP contribution in [0.4, 0.5) is 5.82 Å². The molecule has 7 nitrogen and oxygen atoms in total. The van der Waals surface area contributed by atoms with E-state index in [0.29, 0.717) is 16.9 Å². The third-order valence-corrected chi connectivity index (χ3v) is 5.88. The van der Waals surface area contributed by atoms with E-state index in [1.165, 1.54) is 10.4 Å². The van der Waals surface area contributed by atoms with E-state index in [9.17, 15) is 4.79 Å². The van der Waals surface area contributed by atoms with E-state index in [1.54, 1.807) is 34.3 Å². The monoisotopic (exact) mass is 390 g/mol. The molecule has 0 saturated carbocycles. The summed E-state index contributed by atoms with van der Waals surface area (Å²) in [5.74, 6) is 0.893. The summed E-state index contributed by atoms with van der Waals surface area (Å²) >= 11 is 1.72. The van der Waals surface area contributed by atoms with Gasteiger partial charge in [-0.3, -0.25) is 4.79 Å². The summed E-state index contributed by atoms with van der Waals surface area (Å²) in [7, 11) is 0. The Labute approximate surface area is 165 Å². The molecule has 5 rings (SSSR count). The SMILES string of the molecule is NC(=O)c1cccc2c1cnn2-c1nc2c(c(NCc3cccs3)n1)CCC2. The standard InChI is InChI=1S/C20H18N6OS/c21-18(27)13-5-2-8-17-15(13)11-23-26(17)20-24-16-7-1-6-14(16)19(25-20)22-10-12-4-3-9-28-12/h2-5,8-9,11H,1,6-7,10H2,(H2,21,27)(H,22,24,25). The van der Waals surface area contributed by atoms with Crippen LogP contribution >= 0.6 is 11.3 Å². The second-order valence-corrected chi connectivity index (χ2v) is 7.78. The van der Waals surface area contributed by atoms with E-state index in [-0.39, 0.29) is 0 Å². The number of carbonyl (C=O) groups is 1. The number of fused-ring (bicyclic) bond motifs is 2. The number of anilines is 1. The number of thiophene rings is 1. The van der Waals surface area contributed by atoms with Gasteiger partial charge in [-0.15, -0.1) is 11.3 Å². The molecule has 3 N–H and O–H groups in total. The zero-order chi connectivity index (χ0) is 19.1. The number of nitrogens with two attached hydrogens (primary N) is 1. The molecule has 1 aromatic carbocycles. The highest BCUT2D eigenvalue weighted by atomic mass is 32.1. The highest BCUT2D eigenvalue weighted by molar-refractivity contribution is 7.09. The number of benzene rings is 1. The Hall–Kier alpha value is -3.26. The smallest absolute Gasteiger partial charge is 0.253 e. The second kappa shape index (κ2) is 6.72. The first-order chi connectivity index (χ1) is 13.7. The van der Waals surface area contributed by atoms with Crippen LogP contribution in [0.1, 0.15) is 32.9 Å². The van der Waals surface area contributed by atoms with Gasteiger partial charge >= 0.3 is 0 Å². The number of hydrogen-bond donors (Lipinski definition) is 2. The number of hydrogen-bond acceptors (Lipinski definition) is 6. The molecule has 4 aromatic rings. The average Bonchev–Trinajstić information content (AvgIpc) is 3.45. The van der Waals surface area contributed by atoms with Gasteiger partial charge in [0.2, 0.25) is 5.91 Å². The van der Waals surface area contributed by atoms with Crippen molar-refractivity contribution in [3.63, 3.8) is 0 Å². The summed E-state index contributed by atoms with van der Waals surface area (Å²) in [5, 5.41) is 10.7. The Morgan fingerprint density at radius 2 is 2.14 bits per heavy atom. The van der Waals surface area contributed by atoms with Crippen LogP contribution in [0.3, 0.4) is 0 Å². The normalized spacial score (nSPS) is 13.0. The van der Waals surface area contributed by atoms with Crippen molar-refractivity contribution in [2.45, 2.75) is 25.8 Å². The minimum Gasteiger partial charge on any atom is -0.366 e. The third-order valence-electron chi connectivity index (χ3n) is 5.00. The highest BCUT2D eigenvalue weighted by Crippen LogP contribution is 2.29. The molecule has 0 atom stereocenters. The summed E-state index contributed by atoms with van der Waals surface area (Å²) in [5.41, 5.74) is 8.96. The minimum atomic E-state index is -0.474. The van der Waals surface area contributed by atoms with Crippen LogP contribution in [0, 0.1) is 0 Å². The molecule has 0 aliphatic heterocycles. The fraction of sp³-hybridized carbons (Fsp3) is 0.200. The molecule has 140 valence electrons. The van der Waals surface area contributed by atoms with Gasteiger partial charge in [0.05, 0.1) is 29.5 Å². The molecule has 0 bridgehead atoms. The Morgan fingerprint density at radius 3 is 2.96 bits per heavy atom. The van der Waals surface area contributed by atoms with E-state index in [4.69, 9.17) is 15.7 Å². The molecular formula is C20H18N6OS. The number of aromatic nitrogens is 4. The number of nitrogens with zero attached hydrogens (tertiary/aromatic N) is 4. The molecule has 3 aromatic heterocycles. The summed E-state index contributed by atoms with van der Waals surface area (Å²) in [6.07, 6.45) is 4.63. The molecule has 3 heterocycles. The molecule has 1 amide bonds. The van der Waals surface area contributed by atoms with Crippen LogP contribution in [0.5, 0.6) is 0 Å². The number of carbonyl (C=O) groups excluding carboxylic acids is 1. The van der Waals surface area contributed by atoms with Gasteiger partial charge in [0.15, 0.2) is 0 Å². The Kier molecular flexibility index (Phi) is 4.05. The molecule has 1 aliphatic rings. The zero-order valence-corrected chi connectivity index (χ0v) is 15.9. The molecule has 0 saturated heterocycles. The maximum absolute atomic E-state index is 11.7. The van der Waals surface area contributed by atoms with Crippen LogP contribution in [0.2, 0.25) is 0 Å². The first-order valence-corrected chi connectivity index (χ1v) is 10.0.